The van der Waals surface area contributed by atoms with Gasteiger partial charge in [0.2, 0.25) is 11.9 Å². The first-order chi connectivity index (χ1) is 21.7. The molecular formula is C28H32F3N7O7. The van der Waals surface area contributed by atoms with Crippen molar-refractivity contribution in [1.82, 2.24) is 25.6 Å². The highest BCUT2D eigenvalue weighted by molar-refractivity contribution is 5.67. The fourth-order valence-electron chi connectivity index (χ4n) is 3.73. The van der Waals surface area contributed by atoms with Gasteiger partial charge in [0, 0.05) is 25.3 Å². The van der Waals surface area contributed by atoms with Gasteiger partial charge in [0.1, 0.15) is 13.2 Å². The van der Waals surface area contributed by atoms with E-state index in [2.05, 4.69) is 36.2 Å². The van der Waals surface area contributed by atoms with Crippen LogP contribution < -0.4 is 26.0 Å². The van der Waals surface area contributed by atoms with Crippen LogP contribution >= 0.6 is 0 Å². The number of rotatable bonds is 2. The predicted octanol–water partition coefficient (Wildman–Crippen LogP) is 3.67. The van der Waals surface area contributed by atoms with Crippen molar-refractivity contribution in [1.29, 1.82) is 0 Å². The number of ether oxygens (including phenoxy) is 5. The van der Waals surface area contributed by atoms with Gasteiger partial charge in [0.05, 0.1) is 26.4 Å². The number of hydrogen-bond acceptors (Lipinski definition) is 12. The maximum absolute atomic E-state index is 12.8. The molecule has 0 fully saturated rings. The van der Waals surface area contributed by atoms with Crippen LogP contribution in [0, 0.1) is 0 Å². The molecule has 0 unspecified atom stereocenters. The van der Waals surface area contributed by atoms with Crippen molar-refractivity contribution in [2.24, 2.45) is 0 Å². The predicted molar refractivity (Wildman–Crippen MR) is 153 cm³/mol. The average molecular weight is 636 g/mol. The van der Waals surface area contributed by atoms with Gasteiger partial charge in [0.15, 0.2) is 6.61 Å². The van der Waals surface area contributed by atoms with E-state index in [1.165, 1.54) is 0 Å². The highest BCUT2D eigenvalue weighted by Crippen LogP contribution is 2.21. The molecule has 0 saturated carbocycles. The minimum atomic E-state index is -4.60. The molecule has 2 amide bonds. The zero-order valence-electron chi connectivity index (χ0n) is 24.0. The number of carbonyl (C=O) groups excluding carboxylic acids is 2. The Kier molecular flexibility index (Phi) is 12.3. The molecule has 0 aliphatic carbocycles. The summed E-state index contributed by atoms with van der Waals surface area (Å²) < 4.78 is 64.1. The Morgan fingerprint density at radius 1 is 0.689 bits per heavy atom. The lowest BCUT2D eigenvalue weighted by molar-refractivity contribution is -0.154. The third-order valence-electron chi connectivity index (χ3n) is 5.80. The number of anilines is 3. The fourth-order valence-corrected chi connectivity index (χ4v) is 3.73. The third kappa shape index (κ3) is 12.7. The largest absolute Gasteiger partial charge is 0.454 e. The second-order valence-corrected chi connectivity index (χ2v) is 9.37. The fraction of sp³-hybridized carbons (Fsp3) is 0.393. The number of alkyl halides is 3. The second-order valence-electron chi connectivity index (χ2n) is 9.37. The number of fused-ring (bicyclic) bond motifs is 18. The van der Waals surface area contributed by atoms with Gasteiger partial charge < -0.3 is 45.0 Å². The molecule has 1 aromatic heterocycles. The van der Waals surface area contributed by atoms with Crippen LogP contribution in [0.5, 0.6) is 6.01 Å². The molecular weight excluding hydrogens is 603 g/mol. The van der Waals surface area contributed by atoms with E-state index in [9.17, 15) is 22.8 Å². The van der Waals surface area contributed by atoms with Crippen molar-refractivity contribution in [2.45, 2.75) is 25.8 Å². The molecule has 0 saturated heterocycles. The number of nitrogens with zero attached hydrogens (tertiary/aromatic N) is 3. The lowest BCUT2D eigenvalue weighted by Crippen LogP contribution is -2.26. The van der Waals surface area contributed by atoms with Crippen molar-refractivity contribution >= 4 is 29.8 Å². The number of hydrogen-bond donors (Lipinski definition) is 4. The number of carbonyl (C=O) groups is 2. The van der Waals surface area contributed by atoms with Gasteiger partial charge in [-0.25, -0.2) is 9.59 Å². The van der Waals surface area contributed by atoms with Gasteiger partial charge in [0.25, 0.3) is 0 Å². The molecule has 0 radical (unpaired) electrons. The first-order valence-corrected chi connectivity index (χ1v) is 13.8. The molecule has 0 spiro atoms. The van der Waals surface area contributed by atoms with Crippen molar-refractivity contribution in [3.8, 4) is 6.01 Å². The number of amides is 2. The molecule has 242 valence electrons. The Morgan fingerprint density at radius 3 is 1.87 bits per heavy atom. The molecule has 3 aromatic rings. The van der Waals surface area contributed by atoms with Gasteiger partial charge in [-0.15, -0.1) is 0 Å². The van der Waals surface area contributed by atoms with Crippen LogP contribution in [0.2, 0.25) is 0 Å². The minimum absolute atomic E-state index is 0.0345. The first kappa shape index (κ1) is 33.0. The Hall–Kier alpha value is -4.90. The monoisotopic (exact) mass is 635 g/mol. The highest BCUT2D eigenvalue weighted by Gasteiger charge is 2.29. The number of benzene rings is 2. The quantitative estimate of drug-likeness (QED) is 0.302. The summed E-state index contributed by atoms with van der Waals surface area (Å²) >= 11 is 0. The Bertz CT molecular complexity index is 1400. The summed E-state index contributed by atoms with van der Waals surface area (Å²) in [6, 6.07) is 13.5. The summed E-state index contributed by atoms with van der Waals surface area (Å²) in [7, 11) is 0. The van der Waals surface area contributed by atoms with Gasteiger partial charge in [-0.2, -0.15) is 28.1 Å². The molecule has 4 N–H and O–H groups in total. The van der Waals surface area contributed by atoms with Crippen LogP contribution in [0.1, 0.15) is 16.7 Å². The van der Waals surface area contributed by atoms with Gasteiger partial charge in [-0.05, 0) is 28.8 Å². The number of nitrogens with one attached hydrogen (secondary N) is 4. The highest BCUT2D eigenvalue weighted by atomic mass is 19.4. The van der Waals surface area contributed by atoms with Gasteiger partial charge >= 0.3 is 24.4 Å². The first-order valence-electron chi connectivity index (χ1n) is 13.8. The number of aromatic nitrogens is 3. The third-order valence-corrected chi connectivity index (χ3v) is 5.80. The van der Waals surface area contributed by atoms with Crippen LogP contribution in [0.4, 0.5) is 40.3 Å². The topological polar surface area (TPSA) is 167 Å². The maximum atomic E-state index is 12.8. The molecule has 2 aliphatic heterocycles. The van der Waals surface area contributed by atoms with Crippen LogP contribution in [-0.4, -0.2) is 79.6 Å². The normalized spacial score (nSPS) is 16.2. The molecule has 3 heterocycles. The molecule has 0 atom stereocenters. The lowest BCUT2D eigenvalue weighted by atomic mass is 10.1. The summed E-state index contributed by atoms with van der Waals surface area (Å²) in [6.45, 7) is -0.0320. The van der Waals surface area contributed by atoms with Crippen LogP contribution in [0.15, 0.2) is 48.5 Å². The Morgan fingerprint density at radius 2 is 1.24 bits per heavy atom. The molecule has 2 aliphatic rings. The van der Waals surface area contributed by atoms with E-state index in [0.29, 0.717) is 5.69 Å². The average Bonchev–Trinajstić information content (AvgIpc) is 3.02. The summed E-state index contributed by atoms with van der Waals surface area (Å²) in [6.07, 6.45) is -5.84. The van der Waals surface area contributed by atoms with E-state index in [4.69, 9.17) is 23.7 Å². The summed E-state index contributed by atoms with van der Waals surface area (Å²) in [5, 5.41) is 11.2. The Labute approximate surface area is 256 Å². The van der Waals surface area contributed by atoms with E-state index in [1.807, 2.05) is 18.2 Å². The minimum Gasteiger partial charge on any atom is -0.454 e. The van der Waals surface area contributed by atoms with Crippen molar-refractivity contribution in [2.75, 3.05) is 56.9 Å². The Balaban J connectivity index is 1.47. The molecule has 45 heavy (non-hydrogen) atoms. The van der Waals surface area contributed by atoms with E-state index in [1.54, 1.807) is 30.3 Å². The maximum Gasteiger partial charge on any atom is 0.422 e. The van der Waals surface area contributed by atoms with E-state index < -0.39 is 31.0 Å². The molecule has 2 aromatic carbocycles. The standard InChI is InChI=1S/C28H32F3N7O7/c29-28(30,31)18-45-25-37-23-32-16-20-2-1-3-21(14-20)17-34-27(40)44-13-11-42-9-8-41-10-12-43-26(39)33-15-19-4-6-22(7-5-19)35-24(36-23)38-25/h1-7,14H,8-13,15-18H2,(H,33,39)(H,34,40)(H2,32,35,36,37,38). The van der Waals surface area contributed by atoms with Crippen LogP contribution in [0.3, 0.4) is 0 Å². The van der Waals surface area contributed by atoms with E-state index in [0.717, 1.165) is 16.7 Å². The lowest BCUT2D eigenvalue weighted by Gasteiger charge is -2.13. The molecule has 17 heteroatoms. The van der Waals surface area contributed by atoms with Crippen LogP contribution in [0.25, 0.3) is 0 Å². The molecule has 5 rings (SSSR count). The number of alkyl carbamates (subject to hydrolysis) is 2. The SMILES string of the molecule is O=C1NCc2ccc(cc2)Nc2nc(nc(OCC(F)(F)F)n2)NCc2cccc(c2)CNC(=O)OCCOCCOCCO1. The second kappa shape index (κ2) is 16.8. The summed E-state index contributed by atoms with van der Waals surface area (Å²) in [5.74, 6) is -0.0974. The zero-order valence-corrected chi connectivity index (χ0v) is 24.0. The van der Waals surface area contributed by atoms with Crippen LogP contribution in [-0.2, 0) is 38.6 Å². The number of halogens is 3. The molecule has 14 nitrogen and oxygen atoms in total. The molecule has 6 bridgehead atoms. The van der Waals surface area contributed by atoms with Crippen molar-refractivity contribution in [3.63, 3.8) is 0 Å². The van der Waals surface area contributed by atoms with Crippen molar-refractivity contribution < 1.29 is 46.4 Å². The smallest absolute Gasteiger partial charge is 0.422 e. The van der Waals surface area contributed by atoms with Gasteiger partial charge in [-0.1, -0.05) is 36.4 Å². The van der Waals surface area contributed by atoms with E-state index >= 15 is 0 Å². The van der Waals surface area contributed by atoms with E-state index in [-0.39, 0.29) is 71.2 Å². The summed E-state index contributed by atoms with van der Waals surface area (Å²) in [4.78, 5) is 36.2. The van der Waals surface area contributed by atoms with Gasteiger partial charge in [-0.3, -0.25) is 0 Å². The van der Waals surface area contributed by atoms with Crippen molar-refractivity contribution in [3.05, 3.63) is 65.2 Å². The zero-order chi connectivity index (χ0) is 31.9. The summed E-state index contributed by atoms with van der Waals surface area (Å²) in [5.41, 5.74) is 2.83.